The van der Waals surface area contributed by atoms with Crippen LogP contribution in [0.4, 0.5) is 5.82 Å². The fourth-order valence-electron chi connectivity index (χ4n) is 1.14. The molecule has 0 fully saturated rings. The Morgan fingerprint density at radius 2 is 2.25 bits per heavy atom. The first-order valence-electron chi connectivity index (χ1n) is 5.10. The second kappa shape index (κ2) is 6.32. The molecule has 0 aliphatic heterocycles. The summed E-state index contributed by atoms with van der Waals surface area (Å²) in [5, 5.41) is 11.9. The van der Waals surface area contributed by atoms with Crippen molar-refractivity contribution in [3.63, 3.8) is 0 Å². The lowest BCUT2D eigenvalue weighted by molar-refractivity contribution is 0.0690. The van der Waals surface area contributed by atoms with Gasteiger partial charge in [0.05, 0.1) is 5.75 Å². The first-order valence-corrected chi connectivity index (χ1v) is 6.25. The second-order valence-electron chi connectivity index (χ2n) is 3.03. The predicted octanol–water partition coefficient (Wildman–Crippen LogP) is 1.86. The van der Waals surface area contributed by atoms with E-state index in [0.717, 1.165) is 5.75 Å². The van der Waals surface area contributed by atoms with E-state index in [-0.39, 0.29) is 5.69 Å². The van der Waals surface area contributed by atoms with Crippen LogP contribution < -0.4 is 5.32 Å². The highest BCUT2D eigenvalue weighted by atomic mass is 32.2. The smallest absolute Gasteiger partial charge is 0.354 e. The van der Waals surface area contributed by atoms with Gasteiger partial charge in [0.1, 0.15) is 11.6 Å². The van der Waals surface area contributed by atoms with E-state index in [0.29, 0.717) is 23.9 Å². The third kappa shape index (κ3) is 3.69. The zero-order valence-corrected chi connectivity index (χ0v) is 10.2. The van der Waals surface area contributed by atoms with Crippen molar-refractivity contribution in [1.82, 2.24) is 9.97 Å². The number of anilines is 1. The molecule has 16 heavy (non-hydrogen) atoms. The van der Waals surface area contributed by atoms with Crippen LogP contribution in [0.3, 0.4) is 0 Å². The minimum Gasteiger partial charge on any atom is -0.477 e. The quantitative estimate of drug-likeness (QED) is 0.791. The van der Waals surface area contributed by atoms with Gasteiger partial charge in [-0.15, -0.1) is 0 Å². The van der Waals surface area contributed by atoms with Crippen molar-refractivity contribution in [1.29, 1.82) is 0 Å². The maximum atomic E-state index is 10.9. The molecular weight excluding hydrogens is 226 g/mol. The zero-order chi connectivity index (χ0) is 12.0. The molecule has 5 nitrogen and oxygen atoms in total. The van der Waals surface area contributed by atoms with Gasteiger partial charge in [0.2, 0.25) is 0 Å². The zero-order valence-electron chi connectivity index (χ0n) is 9.36. The summed E-state index contributed by atoms with van der Waals surface area (Å²) in [6, 6.07) is 1.45. The first kappa shape index (κ1) is 12.8. The molecule has 0 radical (unpaired) electrons. The van der Waals surface area contributed by atoms with E-state index in [1.165, 1.54) is 6.07 Å². The van der Waals surface area contributed by atoms with Crippen LogP contribution in [0.5, 0.6) is 0 Å². The second-order valence-corrected chi connectivity index (χ2v) is 4.30. The monoisotopic (exact) mass is 241 g/mol. The van der Waals surface area contributed by atoms with Crippen LogP contribution in [0.15, 0.2) is 6.07 Å². The number of hydrogen-bond acceptors (Lipinski definition) is 5. The molecule has 0 aliphatic rings. The van der Waals surface area contributed by atoms with Crippen LogP contribution in [0.2, 0.25) is 0 Å². The van der Waals surface area contributed by atoms with Crippen LogP contribution in [0, 0.1) is 0 Å². The molecule has 0 unspecified atom stereocenters. The van der Waals surface area contributed by atoms with Crippen LogP contribution in [-0.4, -0.2) is 33.3 Å². The number of nitrogens with one attached hydrogen (secondary N) is 1. The molecule has 0 bridgehead atoms. The fraction of sp³-hybridized carbons (Fsp3) is 0.500. The number of thioether (sulfide) groups is 1. The molecule has 0 aromatic carbocycles. The highest BCUT2D eigenvalue weighted by molar-refractivity contribution is 7.98. The lowest BCUT2D eigenvalue weighted by atomic mass is 10.4. The molecule has 1 aromatic rings. The number of carboxylic acids is 1. The summed E-state index contributed by atoms with van der Waals surface area (Å²) in [4.78, 5) is 19.1. The summed E-state index contributed by atoms with van der Waals surface area (Å²) in [6.07, 6.45) is 0. The van der Waals surface area contributed by atoms with Gasteiger partial charge >= 0.3 is 5.97 Å². The van der Waals surface area contributed by atoms with Crippen molar-refractivity contribution >= 4 is 23.5 Å². The van der Waals surface area contributed by atoms with Crippen LogP contribution in [0.25, 0.3) is 0 Å². The standard InChI is InChI=1S/C10H15N3O2S/c1-3-11-8-5-7(10(14)15)12-9(13-8)6-16-4-2/h5H,3-4,6H2,1-2H3,(H,14,15)(H,11,12,13). The Morgan fingerprint density at radius 1 is 1.50 bits per heavy atom. The average molecular weight is 241 g/mol. The van der Waals surface area contributed by atoms with Gasteiger partial charge in [0.25, 0.3) is 0 Å². The van der Waals surface area contributed by atoms with Gasteiger partial charge in [-0.25, -0.2) is 14.8 Å². The summed E-state index contributed by atoms with van der Waals surface area (Å²) < 4.78 is 0. The number of hydrogen-bond donors (Lipinski definition) is 2. The van der Waals surface area contributed by atoms with E-state index in [1.54, 1.807) is 11.8 Å². The van der Waals surface area contributed by atoms with Gasteiger partial charge in [-0.05, 0) is 12.7 Å². The minimum atomic E-state index is -1.02. The Bertz CT molecular complexity index is 371. The summed E-state index contributed by atoms with van der Waals surface area (Å²) in [5.41, 5.74) is 0.0395. The molecule has 6 heteroatoms. The van der Waals surface area contributed by atoms with Gasteiger partial charge in [-0.2, -0.15) is 11.8 Å². The van der Waals surface area contributed by atoms with Gasteiger partial charge in [0, 0.05) is 12.6 Å². The topological polar surface area (TPSA) is 75.1 Å². The number of aromatic nitrogens is 2. The van der Waals surface area contributed by atoms with Crippen LogP contribution in [-0.2, 0) is 5.75 Å². The molecule has 0 amide bonds. The Balaban J connectivity index is 2.93. The largest absolute Gasteiger partial charge is 0.477 e. The number of nitrogens with zero attached hydrogens (tertiary/aromatic N) is 2. The van der Waals surface area contributed by atoms with E-state index >= 15 is 0 Å². The summed E-state index contributed by atoms with van der Waals surface area (Å²) >= 11 is 1.66. The molecule has 1 aromatic heterocycles. The molecule has 0 atom stereocenters. The van der Waals surface area contributed by atoms with E-state index in [9.17, 15) is 4.79 Å². The van der Waals surface area contributed by atoms with Crippen molar-refractivity contribution < 1.29 is 9.90 Å². The molecular formula is C10H15N3O2S. The van der Waals surface area contributed by atoms with E-state index < -0.39 is 5.97 Å². The number of rotatable bonds is 6. The summed E-state index contributed by atoms with van der Waals surface area (Å²) in [6.45, 7) is 4.68. The number of carbonyl (C=O) groups is 1. The maximum absolute atomic E-state index is 10.9. The molecule has 1 rings (SSSR count). The van der Waals surface area contributed by atoms with Crippen molar-refractivity contribution in [3.05, 3.63) is 17.6 Å². The molecule has 1 heterocycles. The number of carboxylic acid groups (broad SMARTS) is 1. The van der Waals surface area contributed by atoms with Crippen molar-refractivity contribution in [3.8, 4) is 0 Å². The average Bonchev–Trinajstić information content (AvgIpc) is 2.26. The third-order valence-electron chi connectivity index (χ3n) is 1.78. The SMILES string of the molecule is CCNc1cc(C(=O)O)nc(CSCC)n1. The third-order valence-corrected chi connectivity index (χ3v) is 2.66. The Morgan fingerprint density at radius 3 is 2.81 bits per heavy atom. The summed E-state index contributed by atoms with van der Waals surface area (Å²) in [5.74, 6) is 1.70. The normalized spacial score (nSPS) is 10.1. The predicted molar refractivity (Wildman–Crippen MR) is 65.0 cm³/mol. The van der Waals surface area contributed by atoms with E-state index in [1.807, 2.05) is 13.8 Å². The van der Waals surface area contributed by atoms with E-state index in [4.69, 9.17) is 5.11 Å². The first-order chi connectivity index (χ1) is 7.67. The Labute approximate surface area is 98.7 Å². The van der Waals surface area contributed by atoms with Crippen molar-refractivity contribution in [2.24, 2.45) is 0 Å². The van der Waals surface area contributed by atoms with Gasteiger partial charge in [-0.3, -0.25) is 0 Å². The van der Waals surface area contributed by atoms with Gasteiger partial charge in [0.15, 0.2) is 5.69 Å². The molecule has 0 aliphatic carbocycles. The summed E-state index contributed by atoms with van der Waals surface area (Å²) in [7, 11) is 0. The maximum Gasteiger partial charge on any atom is 0.354 e. The highest BCUT2D eigenvalue weighted by Gasteiger charge is 2.09. The molecule has 2 N–H and O–H groups in total. The number of aromatic carboxylic acids is 1. The fourth-order valence-corrected chi connectivity index (χ4v) is 1.65. The molecule has 88 valence electrons. The highest BCUT2D eigenvalue weighted by Crippen LogP contribution is 2.12. The van der Waals surface area contributed by atoms with Gasteiger partial charge in [-0.1, -0.05) is 6.92 Å². The Hall–Kier alpha value is -1.30. The van der Waals surface area contributed by atoms with Crippen LogP contribution >= 0.6 is 11.8 Å². The minimum absolute atomic E-state index is 0.0395. The Kier molecular flexibility index (Phi) is 5.04. The van der Waals surface area contributed by atoms with Crippen molar-refractivity contribution in [2.45, 2.75) is 19.6 Å². The lowest BCUT2D eigenvalue weighted by Gasteiger charge is -2.06. The van der Waals surface area contributed by atoms with E-state index in [2.05, 4.69) is 15.3 Å². The molecule has 0 saturated heterocycles. The van der Waals surface area contributed by atoms with Crippen LogP contribution in [0.1, 0.15) is 30.2 Å². The molecule has 0 spiro atoms. The van der Waals surface area contributed by atoms with Gasteiger partial charge < -0.3 is 10.4 Å². The van der Waals surface area contributed by atoms with Crippen molar-refractivity contribution in [2.75, 3.05) is 17.6 Å². The lowest BCUT2D eigenvalue weighted by Crippen LogP contribution is -2.09. The molecule has 0 saturated carbocycles.